The van der Waals surface area contributed by atoms with Gasteiger partial charge < -0.3 is 14.8 Å². The minimum atomic E-state index is -1.53. The van der Waals surface area contributed by atoms with Gasteiger partial charge in [0, 0.05) is 6.08 Å². The molecule has 0 heterocycles. The largest absolute Gasteiger partial charge is 0.464 e. The molecule has 0 spiro atoms. The highest BCUT2D eigenvalue weighted by molar-refractivity contribution is 6.42. The molecule has 0 aromatic heterocycles. The average Bonchev–Trinajstić information content (AvgIpc) is 2.54. The lowest BCUT2D eigenvalue weighted by atomic mass is 10.2. The van der Waals surface area contributed by atoms with Crippen molar-refractivity contribution in [2.75, 3.05) is 13.2 Å². The third-order valence-electron chi connectivity index (χ3n) is 2.73. The van der Waals surface area contributed by atoms with E-state index >= 15 is 0 Å². The van der Waals surface area contributed by atoms with E-state index in [4.69, 9.17) is 32.7 Å². The van der Waals surface area contributed by atoms with Gasteiger partial charge in [0.2, 0.25) is 11.9 Å². The Kier molecular flexibility index (Phi) is 8.29. The van der Waals surface area contributed by atoms with E-state index in [1.807, 2.05) is 0 Å². The molecule has 0 aliphatic heterocycles. The number of hydrogen-bond acceptors (Lipinski definition) is 5. The maximum atomic E-state index is 12.0. The van der Waals surface area contributed by atoms with Gasteiger partial charge in [-0.15, -0.1) is 0 Å². The highest BCUT2D eigenvalue weighted by Gasteiger charge is 2.30. The van der Waals surface area contributed by atoms with E-state index in [1.54, 1.807) is 32.0 Å². The number of amides is 1. The van der Waals surface area contributed by atoms with Crippen LogP contribution in [0.5, 0.6) is 0 Å². The molecule has 1 amide bonds. The number of carbonyl (C=O) groups is 3. The van der Waals surface area contributed by atoms with Gasteiger partial charge in [-0.3, -0.25) is 4.79 Å². The van der Waals surface area contributed by atoms with Gasteiger partial charge in [0.05, 0.1) is 23.3 Å². The van der Waals surface area contributed by atoms with E-state index in [9.17, 15) is 14.4 Å². The minimum Gasteiger partial charge on any atom is -0.464 e. The molecule has 0 aliphatic carbocycles. The van der Waals surface area contributed by atoms with Crippen LogP contribution in [0.25, 0.3) is 6.08 Å². The second-order valence-corrected chi connectivity index (χ2v) is 5.21. The van der Waals surface area contributed by atoms with E-state index in [1.165, 1.54) is 6.08 Å². The van der Waals surface area contributed by atoms with Crippen molar-refractivity contribution >= 4 is 47.1 Å². The summed E-state index contributed by atoms with van der Waals surface area (Å²) in [5.74, 6) is -2.46. The van der Waals surface area contributed by atoms with Gasteiger partial charge in [-0.05, 0) is 31.6 Å². The standard InChI is InChI=1S/C16H17Cl2NO5/c1-3-23-15(21)14(16(22)24-4-2)19-12(20)9-8-10-6-5-7-11(17)13(10)18/h5-9,14H,3-4H2,1-2H3,(H,19,20)/b9-8+. The number of benzene rings is 1. The molecule has 0 atom stereocenters. The smallest absolute Gasteiger partial charge is 0.340 e. The third-order valence-corrected chi connectivity index (χ3v) is 3.56. The van der Waals surface area contributed by atoms with Crippen LogP contribution in [0.15, 0.2) is 24.3 Å². The van der Waals surface area contributed by atoms with E-state index < -0.39 is 23.9 Å². The second kappa shape index (κ2) is 9.95. The fourth-order valence-electron chi connectivity index (χ4n) is 1.67. The molecule has 8 heteroatoms. The van der Waals surface area contributed by atoms with Gasteiger partial charge in [0.1, 0.15) is 0 Å². The molecule has 0 bridgehead atoms. The summed E-state index contributed by atoms with van der Waals surface area (Å²) in [5.41, 5.74) is 0.517. The second-order valence-electron chi connectivity index (χ2n) is 4.42. The van der Waals surface area contributed by atoms with Crippen LogP contribution >= 0.6 is 23.2 Å². The lowest BCUT2D eigenvalue weighted by molar-refractivity contribution is -0.159. The predicted octanol–water partition coefficient (Wildman–Crippen LogP) is 2.62. The predicted molar refractivity (Wildman–Crippen MR) is 90.7 cm³/mol. The Morgan fingerprint density at radius 3 is 2.25 bits per heavy atom. The normalized spacial score (nSPS) is 10.7. The maximum Gasteiger partial charge on any atom is 0.340 e. The van der Waals surface area contributed by atoms with E-state index in [0.717, 1.165) is 6.08 Å². The van der Waals surface area contributed by atoms with E-state index in [0.29, 0.717) is 10.6 Å². The van der Waals surface area contributed by atoms with Crippen molar-refractivity contribution in [3.63, 3.8) is 0 Å². The van der Waals surface area contributed by atoms with Gasteiger partial charge >= 0.3 is 11.9 Å². The van der Waals surface area contributed by atoms with Crippen molar-refractivity contribution in [1.82, 2.24) is 5.32 Å². The number of halogens is 2. The number of rotatable bonds is 7. The minimum absolute atomic E-state index is 0.0680. The fourth-order valence-corrected chi connectivity index (χ4v) is 2.04. The molecule has 0 unspecified atom stereocenters. The molecule has 24 heavy (non-hydrogen) atoms. The van der Waals surface area contributed by atoms with Gasteiger partial charge in [-0.2, -0.15) is 0 Å². The van der Waals surface area contributed by atoms with Crippen LogP contribution in [0, 0.1) is 0 Å². The first-order valence-electron chi connectivity index (χ1n) is 7.16. The summed E-state index contributed by atoms with van der Waals surface area (Å²) in [6.45, 7) is 3.31. The lowest BCUT2D eigenvalue weighted by Gasteiger charge is -2.14. The zero-order chi connectivity index (χ0) is 18.1. The van der Waals surface area contributed by atoms with Gasteiger partial charge in [-0.1, -0.05) is 35.3 Å². The molecule has 0 saturated carbocycles. The van der Waals surface area contributed by atoms with Crippen molar-refractivity contribution in [2.45, 2.75) is 19.9 Å². The van der Waals surface area contributed by atoms with E-state index in [2.05, 4.69) is 5.32 Å². The van der Waals surface area contributed by atoms with Gasteiger partial charge in [0.25, 0.3) is 0 Å². The van der Waals surface area contributed by atoms with Crippen molar-refractivity contribution in [3.8, 4) is 0 Å². The number of ether oxygens (including phenoxy) is 2. The summed E-state index contributed by atoms with van der Waals surface area (Å²) < 4.78 is 9.51. The first kappa shape index (κ1) is 20.0. The molecule has 0 fully saturated rings. The summed E-state index contributed by atoms with van der Waals surface area (Å²) in [7, 11) is 0. The number of hydrogen-bond donors (Lipinski definition) is 1. The van der Waals surface area contributed by atoms with Crippen LogP contribution in [0.2, 0.25) is 10.0 Å². The molecule has 130 valence electrons. The van der Waals surface area contributed by atoms with Gasteiger partial charge in [0.15, 0.2) is 0 Å². The summed E-state index contributed by atoms with van der Waals surface area (Å²) in [4.78, 5) is 35.5. The molecule has 1 N–H and O–H groups in total. The zero-order valence-electron chi connectivity index (χ0n) is 13.2. The van der Waals surface area contributed by atoms with Crippen LogP contribution < -0.4 is 5.32 Å². The molecule has 0 aliphatic rings. The van der Waals surface area contributed by atoms with Crippen LogP contribution in [0.3, 0.4) is 0 Å². The maximum absolute atomic E-state index is 12.0. The Balaban J connectivity index is 2.84. The van der Waals surface area contributed by atoms with Crippen LogP contribution in [-0.2, 0) is 23.9 Å². The highest BCUT2D eigenvalue weighted by atomic mass is 35.5. The number of carbonyl (C=O) groups excluding carboxylic acids is 3. The number of nitrogens with one attached hydrogen (secondary N) is 1. The van der Waals surface area contributed by atoms with Crippen molar-refractivity contribution < 1.29 is 23.9 Å². The first-order valence-corrected chi connectivity index (χ1v) is 7.92. The summed E-state index contributed by atoms with van der Waals surface area (Å²) in [6, 6.07) is 3.41. The Hall–Kier alpha value is -2.05. The summed E-state index contributed by atoms with van der Waals surface area (Å²) >= 11 is 11.9. The summed E-state index contributed by atoms with van der Waals surface area (Å²) in [5, 5.41) is 2.87. The Morgan fingerprint density at radius 1 is 1.12 bits per heavy atom. The lowest BCUT2D eigenvalue weighted by Crippen LogP contribution is -2.47. The quantitative estimate of drug-likeness (QED) is 0.451. The molecular formula is C16H17Cl2NO5. The first-order chi connectivity index (χ1) is 11.4. The Bertz CT molecular complexity index is 627. The van der Waals surface area contributed by atoms with Crippen molar-refractivity contribution in [1.29, 1.82) is 0 Å². The van der Waals surface area contributed by atoms with Crippen LogP contribution in [0.4, 0.5) is 0 Å². The highest BCUT2D eigenvalue weighted by Crippen LogP contribution is 2.26. The topological polar surface area (TPSA) is 81.7 Å². The van der Waals surface area contributed by atoms with Crippen LogP contribution in [0.1, 0.15) is 19.4 Å². The number of esters is 2. The average molecular weight is 374 g/mol. The SMILES string of the molecule is CCOC(=O)C(NC(=O)/C=C/c1cccc(Cl)c1Cl)C(=O)OCC. The van der Waals surface area contributed by atoms with E-state index in [-0.39, 0.29) is 18.2 Å². The molecule has 1 rings (SSSR count). The summed E-state index contributed by atoms with van der Waals surface area (Å²) in [6.07, 6.45) is 2.54. The van der Waals surface area contributed by atoms with Crippen molar-refractivity contribution in [3.05, 3.63) is 39.9 Å². The zero-order valence-corrected chi connectivity index (χ0v) is 14.7. The van der Waals surface area contributed by atoms with Crippen LogP contribution in [-0.4, -0.2) is 37.1 Å². The molecular weight excluding hydrogens is 357 g/mol. The molecule has 6 nitrogen and oxygen atoms in total. The van der Waals surface area contributed by atoms with Gasteiger partial charge in [-0.25, -0.2) is 9.59 Å². The Morgan fingerprint density at radius 2 is 1.71 bits per heavy atom. The third kappa shape index (κ3) is 5.86. The monoisotopic (exact) mass is 373 g/mol. The Labute approximate surface area is 149 Å². The van der Waals surface area contributed by atoms with Crippen molar-refractivity contribution in [2.24, 2.45) is 0 Å². The molecule has 1 aromatic rings. The fraction of sp³-hybridized carbons (Fsp3) is 0.312. The molecule has 0 saturated heterocycles. The molecule has 0 radical (unpaired) electrons. The molecule has 1 aromatic carbocycles.